The molecule has 5 heteroatoms. The molecule has 1 amide bonds. The molecule has 1 aliphatic rings. The van der Waals surface area contributed by atoms with Crippen LogP contribution in [0.25, 0.3) is 0 Å². The monoisotopic (exact) mass is 307 g/mol. The Morgan fingerprint density at radius 1 is 1.36 bits per heavy atom. The van der Waals surface area contributed by atoms with Gasteiger partial charge >= 0.3 is 0 Å². The van der Waals surface area contributed by atoms with Crippen LogP contribution in [0.15, 0.2) is 12.1 Å². The van der Waals surface area contributed by atoms with Crippen LogP contribution >= 0.6 is 0 Å². The van der Waals surface area contributed by atoms with Crippen molar-refractivity contribution in [2.45, 2.75) is 52.2 Å². The number of rotatable bonds is 6. The van der Waals surface area contributed by atoms with Gasteiger partial charge in [0.1, 0.15) is 0 Å². The third-order valence-electron chi connectivity index (χ3n) is 4.51. The minimum Gasteiger partial charge on any atom is -0.381 e. The molecule has 0 radical (unpaired) electrons. The summed E-state index contributed by atoms with van der Waals surface area (Å²) < 4.78 is 7.49. The number of nitrogens with zero attached hydrogens (tertiary/aromatic N) is 1. The van der Waals surface area contributed by atoms with Gasteiger partial charge in [-0.15, -0.1) is 0 Å². The second-order valence-electron chi connectivity index (χ2n) is 6.52. The molecule has 22 heavy (non-hydrogen) atoms. The Hall–Kier alpha value is -1.33. The molecule has 1 fully saturated rings. The third-order valence-corrected chi connectivity index (χ3v) is 4.51. The Bertz CT molecular complexity index is 490. The number of aryl methyl sites for hydroxylation is 1. The normalized spacial score (nSPS) is 17.7. The van der Waals surface area contributed by atoms with Gasteiger partial charge in [0.25, 0.3) is 0 Å². The van der Waals surface area contributed by atoms with Gasteiger partial charge in [-0.1, -0.05) is 13.8 Å². The lowest BCUT2D eigenvalue weighted by atomic mass is 10.00. The van der Waals surface area contributed by atoms with Crippen molar-refractivity contribution < 1.29 is 9.53 Å². The van der Waals surface area contributed by atoms with E-state index in [9.17, 15) is 4.79 Å². The number of carbonyl (C=O) groups excluding carboxylic acids is 1. The Kier molecular flexibility index (Phi) is 6.03. The van der Waals surface area contributed by atoms with Crippen LogP contribution in [-0.4, -0.2) is 35.8 Å². The lowest BCUT2D eigenvalue weighted by Crippen LogP contribution is -2.52. The van der Waals surface area contributed by atoms with E-state index in [0.29, 0.717) is 12.6 Å². The fraction of sp³-hybridized carbons (Fsp3) is 0.706. The molecule has 1 aromatic heterocycles. The Labute approximate surface area is 133 Å². The first-order valence-corrected chi connectivity index (χ1v) is 8.21. The number of hydrogen-bond donors (Lipinski definition) is 2. The molecule has 0 spiro atoms. The first-order chi connectivity index (χ1) is 10.5. The molecule has 1 unspecified atom stereocenters. The van der Waals surface area contributed by atoms with Gasteiger partial charge in [-0.25, -0.2) is 0 Å². The molecule has 0 bridgehead atoms. The van der Waals surface area contributed by atoms with Crippen LogP contribution in [0, 0.1) is 12.8 Å². The van der Waals surface area contributed by atoms with Crippen LogP contribution in [0.2, 0.25) is 0 Å². The highest BCUT2D eigenvalue weighted by atomic mass is 16.5. The average molecular weight is 307 g/mol. The van der Waals surface area contributed by atoms with E-state index in [4.69, 9.17) is 4.74 Å². The number of carbonyl (C=O) groups is 1. The Balaban J connectivity index is 1.90. The molecule has 0 saturated carbocycles. The lowest BCUT2D eigenvalue weighted by molar-refractivity contribution is -0.124. The Morgan fingerprint density at radius 2 is 2.05 bits per heavy atom. The van der Waals surface area contributed by atoms with E-state index >= 15 is 0 Å². The molecule has 124 valence electrons. The van der Waals surface area contributed by atoms with Gasteiger partial charge < -0.3 is 19.9 Å². The van der Waals surface area contributed by atoms with Gasteiger partial charge in [0.2, 0.25) is 5.91 Å². The Morgan fingerprint density at radius 3 is 2.59 bits per heavy atom. The van der Waals surface area contributed by atoms with Crippen LogP contribution in [-0.2, 0) is 23.1 Å². The smallest absolute Gasteiger partial charge is 0.237 e. The maximum Gasteiger partial charge on any atom is 0.237 e. The van der Waals surface area contributed by atoms with E-state index in [0.717, 1.165) is 31.7 Å². The molecule has 5 nitrogen and oxygen atoms in total. The van der Waals surface area contributed by atoms with Crippen molar-refractivity contribution in [3.8, 4) is 0 Å². The minimum absolute atomic E-state index is 0.0837. The zero-order valence-corrected chi connectivity index (χ0v) is 14.2. The number of nitrogens with one attached hydrogen (secondary N) is 2. The summed E-state index contributed by atoms with van der Waals surface area (Å²) in [6.45, 7) is 8.38. The highest BCUT2D eigenvalue weighted by molar-refractivity contribution is 5.82. The summed E-state index contributed by atoms with van der Waals surface area (Å²) in [5.74, 6) is 0.346. The van der Waals surface area contributed by atoms with E-state index < -0.39 is 0 Å². The topological polar surface area (TPSA) is 55.3 Å². The van der Waals surface area contributed by atoms with Crippen LogP contribution in [0.4, 0.5) is 0 Å². The zero-order valence-electron chi connectivity index (χ0n) is 14.2. The number of ether oxygens (including phenoxy) is 1. The zero-order chi connectivity index (χ0) is 16.1. The molecule has 1 aliphatic heterocycles. The van der Waals surface area contributed by atoms with Crippen LogP contribution in [0.3, 0.4) is 0 Å². The summed E-state index contributed by atoms with van der Waals surface area (Å²) >= 11 is 0. The predicted molar refractivity (Wildman–Crippen MR) is 87.6 cm³/mol. The van der Waals surface area contributed by atoms with Crippen LogP contribution in [0.5, 0.6) is 0 Å². The minimum atomic E-state index is -0.149. The summed E-state index contributed by atoms with van der Waals surface area (Å²) in [6, 6.07) is 4.36. The van der Waals surface area contributed by atoms with Crippen LogP contribution in [0.1, 0.15) is 38.1 Å². The fourth-order valence-electron chi connectivity index (χ4n) is 2.82. The summed E-state index contributed by atoms with van der Waals surface area (Å²) in [4.78, 5) is 12.5. The van der Waals surface area contributed by atoms with Crippen LogP contribution < -0.4 is 10.6 Å². The molecular weight excluding hydrogens is 278 g/mol. The van der Waals surface area contributed by atoms with Crippen molar-refractivity contribution in [2.75, 3.05) is 13.2 Å². The molecule has 2 rings (SSSR count). The molecule has 0 aromatic carbocycles. The van der Waals surface area contributed by atoms with Gasteiger partial charge in [0.15, 0.2) is 0 Å². The maximum atomic E-state index is 12.5. The lowest BCUT2D eigenvalue weighted by Gasteiger charge is -2.30. The van der Waals surface area contributed by atoms with Crippen molar-refractivity contribution >= 4 is 5.91 Å². The van der Waals surface area contributed by atoms with E-state index in [1.165, 1.54) is 5.69 Å². The highest BCUT2D eigenvalue weighted by Gasteiger charge is 2.26. The summed E-state index contributed by atoms with van der Waals surface area (Å²) in [5, 5.41) is 6.58. The number of amides is 1. The van der Waals surface area contributed by atoms with Crippen molar-refractivity contribution in [3.05, 3.63) is 23.5 Å². The predicted octanol–water partition coefficient (Wildman–Crippen LogP) is 1.74. The third kappa shape index (κ3) is 4.34. The van der Waals surface area contributed by atoms with Gasteiger partial charge in [0.05, 0.1) is 12.6 Å². The first-order valence-electron chi connectivity index (χ1n) is 8.21. The molecule has 1 aromatic rings. The number of aromatic nitrogens is 1. The maximum absolute atomic E-state index is 12.5. The van der Waals surface area contributed by atoms with Crippen molar-refractivity contribution in [1.29, 1.82) is 0 Å². The van der Waals surface area contributed by atoms with Crippen molar-refractivity contribution in [2.24, 2.45) is 13.0 Å². The first kappa shape index (κ1) is 17.0. The second kappa shape index (κ2) is 7.79. The SMILES string of the molecule is Cc1ccc(CNC(=O)C(NC2CCOCC2)C(C)C)n1C. The summed E-state index contributed by atoms with van der Waals surface area (Å²) in [7, 11) is 2.02. The van der Waals surface area contributed by atoms with E-state index in [2.05, 4.69) is 48.1 Å². The molecule has 0 aliphatic carbocycles. The second-order valence-corrected chi connectivity index (χ2v) is 6.52. The standard InChI is InChI=1S/C17H29N3O2/c1-12(2)16(19-14-7-9-22-10-8-14)17(21)18-11-15-6-5-13(3)20(15)4/h5-6,12,14,16,19H,7-11H2,1-4H3,(H,18,21). The molecule has 1 atom stereocenters. The van der Waals surface area contributed by atoms with Gasteiger partial charge in [-0.05, 0) is 37.8 Å². The largest absolute Gasteiger partial charge is 0.381 e. The average Bonchev–Trinajstić information content (AvgIpc) is 2.82. The fourth-order valence-corrected chi connectivity index (χ4v) is 2.82. The van der Waals surface area contributed by atoms with Gasteiger partial charge in [0, 0.05) is 37.7 Å². The molecule has 1 saturated heterocycles. The summed E-state index contributed by atoms with van der Waals surface area (Å²) in [6.07, 6.45) is 1.96. The van der Waals surface area contributed by atoms with Gasteiger partial charge in [-0.2, -0.15) is 0 Å². The number of hydrogen-bond acceptors (Lipinski definition) is 3. The highest BCUT2D eigenvalue weighted by Crippen LogP contribution is 2.11. The van der Waals surface area contributed by atoms with Crippen molar-refractivity contribution in [3.63, 3.8) is 0 Å². The molecular formula is C17H29N3O2. The van der Waals surface area contributed by atoms with Crippen molar-refractivity contribution in [1.82, 2.24) is 15.2 Å². The summed E-state index contributed by atoms with van der Waals surface area (Å²) in [5.41, 5.74) is 2.32. The molecule has 2 heterocycles. The van der Waals surface area contributed by atoms with E-state index in [1.807, 2.05) is 7.05 Å². The van der Waals surface area contributed by atoms with Gasteiger partial charge in [-0.3, -0.25) is 4.79 Å². The van der Waals surface area contributed by atoms with E-state index in [1.54, 1.807) is 0 Å². The van der Waals surface area contributed by atoms with E-state index in [-0.39, 0.29) is 17.9 Å². The quantitative estimate of drug-likeness (QED) is 0.842. The molecule has 2 N–H and O–H groups in total.